The minimum atomic E-state index is -3.98. The molecule has 0 radical (unpaired) electrons. The summed E-state index contributed by atoms with van der Waals surface area (Å²) >= 11 is 0. The first-order chi connectivity index (χ1) is 10.4. The maximum Gasteiger partial charge on any atom is 0.269 e. The van der Waals surface area contributed by atoms with Gasteiger partial charge in [-0.05, 0) is 25.1 Å². The van der Waals surface area contributed by atoms with Gasteiger partial charge in [0.2, 0.25) is 9.84 Å². The molecule has 0 aliphatic carbocycles. The fraction of sp³-hybridized carbons (Fsp3) is 0.0625. The number of aryl methyl sites for hydroxylation is 1. The number of fused-ring (bicyclic) bond motifs is 1. The molecule has 1 aromatic heterocycles. The van der Waals surface area contributed by atoms with Crippen LogP contribution in [0.5, 0.6) is 0 Å². The Morgan fingerprint density at radius 1 is 1.00 bits per heavy atom. The maximum absolute atomic E-state index is 12.7. The van der Waals surface area contributed by atoms with E-state index in [1.54, 1.807) is 36.4 Å². The van der Waals surface area contributed by atoms with Gasteiger partial charge in [-0.15, -0.1) is 0 Å². The van der Waals surface area contributed by atoms with Crippen LogP contribution in [0.2, 0.25) is 0 Å². The number of rotatable bonds is 2. The Bertz CT molecular complexity index is 1020. The second-order valence-electron chi connectivity index (χ2n) is 5.06. The Balaban J connectivity index is 2.34. The van der Waals surface area contributed by atoms with Crippen LogP contribution in [0.1, 0.15) is 5.56 Å². The molecule has 0 aliphatic heterocycles. The lowest BCUT2D eigenvalue weighted by Crippen LogP contribution is -2.20. The summed E-state index contributed by atoms with van der Waals surface area (Å²) in [6, 6.07) is 13.1. The smallest absolute Gasteiger partial charge is 0.269 e. The van der Waals surface area contributed by atoms with Gasteiger partial charge in [0.15, 0.2) is 4.90 Å². The molecular formula is C16H14N2O3S. The highest BCUT2D eigenvalue weighted by atomic mass is 32.2. The number of nitrogen functional groups attached to an aromatic ring is 1. The van der Waals surface area contributed by atoms with E-state index in [1.165, 1.54) is 12.1 Å². The zero-order valence-corrected chi connectivity index (χ0v) is 12.6. The number of hydrogen-bond donors (Lipinski definition) is 2. The van der Waals surface area contributed by atoms with E-state index in [0.717, 1.165) is 5.56 Å². The fourth-order valence-electron chi connectivity index (χ4n) is 2.35. The molecule has 0 unspecified atom stereocenters. The third-order valence-electron chi connectivity index (χ3n) is 3.52. The molecule has 3 N–H and O–H groups in total. The molecule has 0 bridgehead atoms. The predicted molar refractivity (Wildman–Crippen MR) is 85.6 cm³/mol. The van der Waals surface area contributed by atoms with Crippen LogP contribution in [0.15, 0.2) is 63.1 Å². The van der Waals surface area contributed by atoms with Crippen molar-refractivity contribution in [1.82, 2.24) is 4.98 Å². The zero-order valence-electron chi connectivity index (χ0n) is 11.8. The lowest BCUT2D eigenvalue weighted by molar-refractivity contribution is 0.595. The van der Waals surface area contributed by atoms with Crippen molar-refractivity contribution >= 4 is 26.4 Å². The summed E-state index contributed by atoms with van der Waals surface area (Å²) in [4.78, 5) is 14.4. The SMILES string of the molecule is Cc1ccc(S(=O)(=O)c2c(N)c3ccccc3[nH]c2=O)cc1. The van der Waals surface area contributed by atoms with Gasteiger partial charge in [0.1, 0.15) is 0 Å². The topological polar surface area (TPSA) is 93.0 Å². The Hall–Kier alpha value is -2.60. The van der Waals surface area contributed by atoms with Crippen molar-refractivity contribution in [3.8, 4) is 0 Å². The molecule has 0 spiro atoms. The van der Waals surface area contributed by atoms with Crippen LogP contribution in [0.4, 0.5) is 5.69 Å². The molecule has 3 aromatic rings. The summed E-state index contributed by atoms with van der Waals surface area (Å²) in [5.74, 6) is 0. The molecule has 2 aromatic carbocycles. The van der Waals surface area contributed by atoms with Crippen molar-refractivity contribution in [3.05, 3.63) is 64.4 Å². The molecule has 3 rings (SSSR count). The minimum absolute atomic E-state index is 0.0278. The first-order valence-corrected chi connectivity index (χ1v) is 8.12. The molecule has 5 nitrogen and oxygen atoms in total. The molecule has 0 saturated heterocycles. The highest BCUT2D eigenvalue weighted by molar-refractivity contribution is 7.91. The molecule has 6 heteroatoms. The molecule has 22 heavy (non-hydrogen) atoms. The van der Waals surface area contributed by atoms with Gasteiger partial charge < -0.3 is 10.7 Å². The van der Waals surface area contributed by atoms with Crippen LogP contribution in [-0.4, -0.2) is 13.4 Å². The highest BCUT2D eigenvalue weighted by Crippen LogP contribution is 2.27. The molecule has 1 heterocycles. The Morgan fingerprint density at radius 2 is 1.64 bits per heavy atom. The number of anilines is 1. The lowest BCUT2D eigenvalue weighted by atomic mass is 10.2. The molecule has 112 valence electrons. The summed E-state index contributed by atoms with van der Waals surface area (Å²) in [5.41, 5.74) is 6.67. The average Bonchev–Trinajstić information content (AvgIpc) is 2.47. The summed E-state index contributed by atoms with van der Waals surface area (Å²) < 4.78 is 25.5. The van der Waals surface area contributed by atoms with E-state index in [1.807, 2.05) is 6.92 Å². The van der Waals surface area contributed by atoms with Crippen molar-refractivity contribution in [2.24, 2.45) is 0 Å². The van der Waals surface area contributed by atoms with E-state index in [-0.39, 0.29) is 10.6 Å². The number of sulfone groups is 1. The van der Waals surface area contributed by atoms with Gasteiger partial charge in [-0.3, -0.25) is 4.79 Å². The third kappa shape index (κ3) is 2.17. The number of benzene rings is 2. The Labute approximate surface area is 127 Å². The molecule has 0 saturated carbocycles. The largest absolute Gasteiger partial charge is 0.397 e. The van der Waals surface area contributed by atoms with E-state index in [4.69, 9.17) is 5.73 Å². The van der Waals surface area contributed by atoms with Gasteiger partial charge in [-0.1, -0.05) is 35.9 Å². The van der Waals surface area contributed by atoms with Crippen LogP contribution >= 0.6 is 0 Å². The first-order valence-electron chi connectivity index (χ1n) is 6.63. The minimum Gasteiger partial charge on any atom is -0.397 e. The number of para-hydroxylation sites is 1. The summed E-state index contributed by atoms with van der Waals surface area (Å²) in [5, 5.41) is 0.507. The zero-order chi connectivity index (χ0) is 15.9. The quantitative estimate of drug-likeness (QED) is 0.758. The van der Waals surface area contributed by atoms with E-state index >= 15 is 0 Å². The van der Waals surface area contributed by atoms with Crippen molar-refractivity contribution in [3.63, 3.8) is 0 Å². The number of aromatic amines is 1. The Morgan fingerprint density at radius 3 is 2.32 bits per heavy atom. The number of nitrogens with two attached hydrogens (primary N) is 1. The van der Waals surface area contributed by atoms with Crippen molar-refractivity contribution in [2.75, 3.05) is 5.73 Å². The number of hydrogen-bond acceptors (Lipinski definition) is 4. The Kier molecular flexibility index (Phi) is 3.26. The van der Waals surface area contributed by atoms with E-state index in [2.05, 4.69) is 4.98 Å². The molecule has 0 aliphatic rings. The second kappa shape index (κ2) is 4.99. The second-order valence-corrected chi connectivity index (χ2v) is 6.95. The molecule has 0 fully saturated rings. The van der Waals surface area contributed by atoms with Gasteiger partial charge in [0, 0.05) is 5.39 Å². The fourth-order valence-corrected chi connectivity index (χ4v) is 3.78. The number of pyridine rings is 1. The monoisotopic (exact) mass is 314 g/mol. The van der Waals surface area contributed by atoms with Crippen LogP contribution in [0.3, 0.4) is 0 Å². The van der Waals surface area contributed by atoms with Gasteiger partial charge >= 0.3 is 0 Å². The third-order valence-corrected chi connectivity index (χ3v) is 5.35. The summed E-state index contributed by atoms with van der Waals surface area (Å²) in [6.07, 6.45) is 0. The van der Waals surface area contributed by atoms with Crippen molar-refractivity contribution < 1.29 is 8.42 Å². The van der Waals surface area contributed by atoms with E-state index in [9.17, 15) is 13.2 Å². The van der Waals surface area contributed by atoms with Crippen LogP contribution in [-0.2, 0) is 9.84 Å². The van der Waals surface area contributed by atoms with Crippen molar-refractivity contribution in [1.29, 1.82) is 0 Å². The number of H-pyrrole nitrogens is 1. The van der Waals surface area contributed by atoms with Crippen LogP contribution < -0.4 is 11.3 Å². The first kappa shape index (κ1) is 14.3. The predicted octanol–water partition coefficient (Wildman–Crippen LogP) is 2.25. The standard InChI is InChI=1S/C16H14N2O3S/c1-10-6-8-11(9-7-10)22(20,21)15-14(17)12-4-2-3-5-13(12)18-16(15)19/h2-9H,1H3,(H3,17,18,19). The maximum atomic E-state index is 12.7. The van der Waals surface area contributed by atoms with Crippen LogP contribution in [0.25, 0.3) is 10.9 Å². The highest BCUT2D eigenvalue weighted by Gasteiger charge is 2.25. The van der Waals surface area contributed by atoms with Gasteiger partial charge in [0.25, 0.3) is 5.56 Å². The van der Waals surface area contributed by atoms with Gasteiger partial charge in [0.05, 0.1) is 16.1 Å². The lowest BCUT2D eigenvalue weighted by Gasteiger charge is -2.09. The number of nitrogens with one attached hydrogen (secondary N) is 1. The van der Waals surface area contributed by atoms with E-state index in [0.29, 0.717) is 10.9 Å². The summed E-state index contributed by atoms with van der Waals surface area (Å²) in [7, 11) is -3.98. The molecule has 0 atom stereocenters. The average molecular weight is 314 g/mol. The van der Waals surface area contributed by atoms with Crippen LogP contribution in [0, 0.1) is 6.92 Å². The van der Waals surface area contributed by atoms with Gasteiger partial charge in [-0.25, -0.2) is 8.42 Å². The normalized spacial score (nSPS) is 11.7. The van der Waals surface area contributed by atoms with Gasteiger partial charge in [-0.2, -0.15) is 0 Å². The molecule has 0 amide bonds. The van der Waals surface area contributed by atoms with E-state index < -0.39 is 20.3 Å². The number of aromatic nitrogens is 1. The van der Waals surface area contributed by atoms with Crippen molar-refractivity contribution in [2.45, 2.75) is 16.7 Å². The molecular weight excluding hydrogens is 300 g/mol. The summed E-state index contributed by atoms with van der Waals surface area (Å²) in [6.45, 7) is 1.85.